The molecular formula is C14H12N2O2. The van der Waals surface area contributed by atoms with E-state index in [1.54, 1.807) is 31.3 Å². The summed E-state index contributed by atoms with van der Waals surface area (Å²) in [6, 6.07) is 10.9. The van der Waals surface area contributed by atoms with Gasteiger partial charge in [-0.3, -0.25) is 0 Å². The molecule has 0 radical (unpaired) electrons. The molecule has 1 aromatic heterocycles. The molecule has 2 aromatic rings. The molecular weight excluding hydrogens is 228 g/mol. The molecule has 0 aliphatic rings. The molecule has 18 heavy (non-hydrogen) atoms. The molecule has 0 saturated heterocycles. The first-order chi connectivity index (χ1) is 8.61. The second-order valence-electron chi connectivity index (χ2n) is 4.06. The quantitative estimate of drug-likeness (QED) is 0.895. The summed E-state index contributed by atoms with van der Waals surface area (Å²) in [5, 5.41) is 17.7. The third-order valence-corrected chi connectivity index (χ3v) is 2.91. The molecule has 0 aliphatic heterocycles. The first-order valence-electron chi connectivity index (χ1n) is 5.50. The zero-order valence-electron chi connectivity index (χ0n) is 9.92. The lowest BCUT2D eigenvalue weighted by atomic mass is 10.1. The highest BCUT2D eigenvalue weighted by molar-refractivity contribution is 5.88. The molecule has 2 rings (SSSR count). The van der Waals surface area contributed by atoms with Crippen molar-refractivity contribution in [2.75, 3.05) is 0 Å². The lowest BCUT2D eigenvalue weighted by molar-refractivity contribution is 0.0696. The second kappa shape index (κ2) is 4.76. The van der Waals surface area contributed by atoms with E-state index in [0.29, 0.717) is 17.7 Å². The molecule has 0 atom stereocenters. The van der Waals surface area contributed by atoms with E-state index in [0.717, 1.165) is 11.3 Å². The van der Waals surface area contributed by atoms with Crippen molar-refractivity contribution in [2.24, 2.45) is 0 Å². The molecule has 0 fully saturated rings. The zero-order valence-corrected chi connectivity index (χ0v) is 9.92. The Hall–Kier alpha value is -2.54. The molecule has 4 nitrogen and oxygen atoms in total. The van der Waals surface area contributed by atoms with Gasteiger partial charge in [-0.2, -0.15) is 5.26 Å². The van der Waals surface area contributed by atoms with Crippen LogP contribution in [0.25, 0.3) is 0 Å². The molecule has 0 spiro atoms. The number of rotatable bonds is 3. The molecule has 0 bridgehead atoms. The molecule has 90 valence electrons. The fraction of sp³-hybridized carbons (Fsp3) is 0.143. The number of nitriles is 1. The van der Waals surface area contributed by atoms with Crippen molar-refractivity contribution in [1.29, 1.82) is 5.26 Å². The van der Waals surface area contributed by atoms with E-state index >= 15 is 0 Å². The fourth-order valence-electron chi connectivity index (χ4n) is 1.83. The average Bonchev–Trinajstić information content (AvgIpc) is 2.72. The Morgan fingerprint density at radius 2 is 2.00 bits per heavy atom. The highest BCUT2D eigenvalue weighted by Crippen LogP contribution is 2.13. The Morgan fingerprint density at radius 3 is 2.50 bits per heavy atom. The smallest absolute Gasteiger partial charge is 0.337 e. The molecule has 0 saturated carbocycles. The van der Waals surface area contributed by atoms with Gasteiger partial charge in [-0.15, -0.1) is 0 Å². The maximum Gasteiger partial charge on any atom is 0.337 e. The van der Waals surface area contributed by atoms with E-state index in [-0.39, 0.29) is 0 Å². The maximum absolute atomic E-state index is 10.9. The largest absolute Gasteiger partial charge is 0.478 e. The number of benzene rings is 1. The van der Waals surface area contributed by atoms with Crippen LogP contribution in [0.1, 0.15) is 27.2 Å². The van der Waals surface area contributed by atoms with E-state index in [2.05, 4.69) is 6.07 Å². The minimum atomic E-state index is -0.911. The van der Waals surface area contributed by atoms with Gasteiger partial charge in [0.05, 0.1) is 17.2 Å². The van der Waals surface area contributed by atoms with Crippen molar-refractivity contribution in [3.63, 3.8) is 0 Å². The highest BCUT2D eigenvalue weighted by Gasteiger charge is 2.10. The Morgan fingerprint density at radius 1 is 1.33 bits per heavy atom. The van der Waals surface area contributed by atoms with Crippen LogP contribution in [-0.4, -0.2) is 15.6 Å². The van der Waals surface area contributed by atoms with E-state index in [9.17, 15) is 4.79 Å². The van der Waals surface area contributed by atoms with Gasteiger partial charge in [0.1, 0.15) is 0 Å². The van der Waals surface area contributed by atoms with Crippen molar-refractivity contribution < 1.29 is 9.90 Å². The summed E-state index contributed by atoms with van der Waals surface area (Å²) in [6.45, 7) is 2.39. The minimum absolute atomic E-state index is 0.323. The van der Waals surface area contributed by atoms with Crippen LogP contribution in [0.3, 0.4) is 0 Å². The minimum Gasteiger partial charge on any atom is -0.478 e. The van der Waals surface area contributed by atoms with Crippen molar-refractivity contribution in [1.82, 2.24) is 4.57 Å². The number of carbonyl (C=O) groups is 1. The SMILES string of the molecule is Cc1c(C(=O)O)ccn1Cc1ccc(C#N)cc1. The third-order valence-electron chi connectivity index (χ3n) is 2.91. The lowest BCUT2D eigenvalue weighted by Gasteiger charge is -2.06. The van der Waals surface area contributed by atoms with Crippen molar-refractivity contribution in [3.05, 3.63) is 58.9 Å². The number of aromatic carboxylic acids is 1. The van der Waals surface area contributed by atoms with E-state index < -0.39 is 5.97 Å². The van der Waals surface area contributed by atoms with Crippen LogP contribution in [0, 0.1) is 18.3 Å². The summed E-state index contributed by atoms with van der Waals surface area (Å²) in [7, 11) is 0. The number of aromatic nitrogens is 1. The van der Waals surface area contributed by atoms with Gasteiger partial charge in [0, 0.05) is 18.4 Å². The topological polar surface area (TPSA) is 66.0 Å². The average molecular weight is 240 g/mol. The third kappa shape index (κ3) is 2.25. The maximum atomic E-state index is 10.9. The second-order valence-corrected chi connectivity index (χ2v) is 4.06. The Balaban J connectivity index is 2.23. The van der Waals surface area contributed by atoms with Gasteiger partial charge in [-0.05, 0) is 30.7 Å². The van der Waals surface area contributed by atoms with Crippen LogP contribution in [-0.2, 0) is 6.54 Å². The predicted octanol–water partition coefficient (Wildman–Crippen LogP) is 2.41. The van der Waals surface area contributed by atoms with Crippen molar-refractivity contribution in [2.45, 2.75) is 13.5 Å². The number of hydrogen-bond acceptors (Lipinski definition) is 2. The Bertz CT molecular complexity index is 618. The molecule has 1 aromatic carbocycles. The van der Waals surface area contributed by atoms with Crippen molar-refractivity contribution in [3.8, 4) is 6.07 Å². The molecule has 4 heteroatoms. The summed E-state index contributed by atoms with van der Waals surface area (Å²) in [6.07, 6.45) is 1.76. The van der Waals surface area contributed by atoms with Crippen LogP contribution in [0.4, 0.5) is 0 Å². The van der Waals surface area contributed by atoms with Crippen LogP contribution < -0.4 is 0 Å². The molecule has 1 heterocycles. The van der Waals surface area contributed by atoms with Gasteiger partial charge < -0.3 is 9.67 Å². The van der Waals surface area contributed by atoms with Gasteiger partial charge in [0.15, 0.2) is 0 Å². The predicted molar refractivity (Wildman–Crippen MR) is 66.4 cm³/mol. The zero-order chi connectivity index (χ0) is 13.1. The molecule has 0 unspecified atom stereocenters. The summed E-state index contributed by atoms with van der Waals surface area (Å²) in [5.41, 5.74) is 2.70. The van der Waals surface area contributed by atoms with E-state index in [1.807, 2.05) is 16.7 Å². The van der Waals surface area contributed by atoms with Crippen molar-refractivity contribution >= 4 is 5.97 Å². The number of nitrogens with zero attached hydrogens (tertiary/aromatic N) is 2. The first kappa shape index (κ1) is 11.9. The lowest BCUT2D eigenvalue weighted by Crippen LogP contribution is -2.04. The number of carboxylic acids is 1. The summed E-state index contributed by atoms with van der Waals surface area (Å²) < 4.78 is 1.88. The summed E-state index contributed by atoms with van der Waals surface area (Å²) in [4.78, 5) is 10.9. The Kier molecular flexibility index (Phi) is 3.16. The number of hydrogen-bond donors (Lipinski definition) is 1. The van der Waals surface area contributed by atoms with Crippen LogP contribution in [0.15, 0.2) is 36.5 Å². The monoisotopic (exact) mass is 240 g/mol. The molecule has 0 amide bonds. The molecule has 1 N–H and O–H groups in total. The van der Waals surface area contributed by atoms with Gasteiger partial charge in [0.25, 0.3) is 0 Å². The standard InChI is InChI=1S/C14H12N2O2/c1-10-13(14(17)18)6-7-16(10)9-12-4-2-11(8-15)3-5-12/h2-7H,9H2,1H3,(H,17,18). The normalized spacial score (nSPS) is 10.0. The van der Waals surface area contributed by atoms with Crippen LogP contribution in [0.2, 0.25) is 0 Å². The van der Waals surface area contributed by atoms with Gasteiger partial charge in [-0.1, -0.05) is 12.1 Å². The van der Waals surface area contributed by atoms with E-state index in [4.69, 9.17) is 10.4 Å². The number of carboxylic acid groups (broad SMARTS) is 1. The Labute approximate surface area is 105 Å². The van der Waals surface area contributed by atoms with Crippen LogP contribution in [0.5, 0.6) is 0 Å². The van der Waals surface area contributed by atoms with Gasteiger partial charge in [-0.25, -0.2) is 4.79 Å². The first-order valence-corrected chi connectivity index (χ1v) is 5.50. The summed E-state index contributed by atoms with van der Waals surface area (Å²) >= 11 is 0. The van der Waals surface area contributed by atoms with Crippen LogP contribution >= 0.6 is 0 Å². The highest BCUT2D eigenvalue weighted by atomic mass is 16.4. The fourth-order valence-corrected chi connectivity index (χ4v) is 1.83. The summed E-state index contributed by atoms with van der Waals surface area (Å²) in [5.74, 6) is -0.911. The molecule has 0 aliphatic carbocycles. The van der Waals surface area contributed by atoms with E-state index in [1.165, 1.54) is 0 Å². The van der Waals surface area contributed by atoms with Gasteiger partial charge >= 0.3 is 5.97 Å². The van der Waals surface area contributed by atoms with Gasteiger partial charge in [0.2, 0.25) is 0 Å².